The number of nitrogens with zero attached hydrogens (tertiary/aromatic N) is 1. The van der Waals surface area contributed by atoms with E-state index in [-0.39, 0.29) is 5.91 Å². The van der Waals surface area contributed by atoms with Crippen molar-refractivity contribution in [2.45, 2.75) is 38.2 Å². The minimum atomic E-state index is -0.629. The van der Waals surface area contributed by atoms with Gasteiger partial charge in [-0.1, -0.05) is 6.92 Å². The van der Waals surface area contributed by atoms with Crippen molar-refractivity contribution in [3.8, 4) is 0 Å². The van der Waals surface area contributed by atoms with E-state index in [2.05, 4.69) is 6.07 Å². The Balaban J connectivity index is 1.71. The van der Waals surface area contributed by atoms with Crippen LogP contribution in [0.1, 0.15) is 39.9 Å². The molecule has 4 heteroatoms. The number of carbonyl (C=O) groups excluding carboxylic acids is 1. The van der Waals surface area contributed by atoms with Crippen LogP contribution in [0.2, 0.25) is 0 Å². The number of hydrogen-bond acceptors (Lipinski definition) is 3. The molecule has 1 saturated heterocycles. The van der Waals surface area contributed by atoms with Gasteiger partial charge in [0, 0.05) is 4.88 Å². The first-order chi connectivity index (χ1) is 8.11. The Kier molecular flexibility index (Phi) is 2.52. The topological polar surface area (TPSA) is 40.5 Å². The molecule has 0 saturated carbocycles. The molecular formula is C13H17NO2S. The Labute approximate surface area is 105 Å². The van der Waals surface area contributed by atoms with Gasteiger partial charge >= 0.3 is 0 Å². The number of carbonyl (C=O) groups is 1. The molecule has 1 fully saturated rings. The predicted octanol–water partition coefficient (Wildman–Crippen LogP) is 1.83. The second kappa shape index (κ2) is 3.82. The zero-order valence-corrected chi connectivity index (χ0v) is 10.8. The molecule has 2 heterocycles. The molecule has 1 aliphatic carbocycles. The summed E-state index contributed by atoms with van der Waals surface area (Å²) in [6, 6.07) is 2.05. The van der Waals surface area contributed by atoms with Gasteiger partial charge in [-0.15, -0.1) is 11.3 Å². The lowest BCUT2D eigenvalue weighted by molar-refractivity contribution is -0.0824. The van der Waals surface area contributed by atoms with E-state index in [4.69, 9.17) is 0 Å². The summed E-state index contributed by atoms with van der Waals surface area (Å²) >= 11 is 1.64. The summed E-state index contributed by atoms with van der Waals surface area (Å²) in [5.41, 5.74) is 0.736. The first kappa shape index (κ1) is 11.2. The summed E-state index contributed by atoms with van der Waals surface area (Å²) in [4.78, 5) is 16.2. The Hall–Kier alpha value is -0.870. The third-order valence-electron chi connectivity index (χ3n) is 3.87. The van der Waals surface area contributed by atoms with Gasteiger partial charge in [-0.05, 0) is 37.3 Å². The van der Waals surface area contributed by atoms with Crippen molar-refractivity contribution in [3.05, 3.63) is 21.4 Å². The largest absolute Gasteiger partial charge is 0.386 e. The van der Waals surface area contributed by atoms with E-state index < -0.39 is 5.60 Å². The first-order valence-corrected chi connectivity index (χ1v) is 7.06. The Morgan fingerprint density at radius 2 is 2.29 bits per heavy atom. The van der Waals surface area contributed by atoms with Crippen molar-refractivity contribution < 1.29 is 9.90 Å². The molecule has 0 aromatic carbocycles. The van der Waals surface area contributed by atoms with E-state index in [0.717, 1.165) is 24.1 Å². The van der Waals surface area contributed by atoms with Crippen LogP contribution < -0.4 is 0 Å². The Morgan fingerprint density at radius 1 is 1.53 bits per heavy atom. The number of amides is 1. The quantitative estimate of drug-likeness (QED) is 0.871. The van der Waals surface area contributed by atoms with Gasteiger partial charge in [-0.25, -0.2) is 0 Å². The molecule has 17 heavy (non-hydrogen) atoms. The van der Waals surface area contributed by atoms with Gasteiger partial charge in [0.2, 0.25) is 0 Å². The number of aliphatic hydroxyl groups is 1. The summed E-state index contributed by atoms with van der Waals surface area (Å²) in [5, 5.41) is 9.91. The maximum atomic E-state index is 12.2. The van der Waals surface area contributed by atoms with Gasteiger partial charge in [0.15, 0.2) is 0 Å². The van der Waals surface area contributed by atoms with E-state index in [1.165, 1.54) is 16.9 Å². The van der Waals surface area contributed by atoms with Crippen LogP contribution in [-0.4, -0.2) is 34.6 Å². The lowest BCUT2D eigenvalue weighted by atomic mass is 9.91. The lowest BCUT2D eigenvalue weighted by Crippen LogP contribution is -2.63. The molecule has 0 radical (unpaired) electrons. The zero-order valence-electron chi connectivity index (χ0n) is 10.0. The van der Waals surface area contributed by atoms with Crippen LogP contribution in [0.25, 0.3) is 0 Å². The molecule has 1 aromatic rings. The smallest absolute Gasteiger partial charge is 0.264 e. The molecule has 1 N–H and O–H groups in total. The summed E-state index contributed by atoms with van der Waals surface area (Å²) < 4.78 is 0. The van der Waals surface area contributed by atoms with Gasteiger partial charge in [0.25, 0.3) is 5.91 Å². The highest BCUT2D eigenvalue weighted by Gasteiger charge is 2.42. The number of β-amino-alcohol motifs (C(OH)–C–C–N with tert-alkyl or cyclic N) is 1. The van der Waals surface area contributed by atoms with Crippen LogP contribution in [0.5, 0.6) is 0 Å². The Morgan fingerprint density at radius 3 is 2.94 bits per heavy atom. The number of thiophene rings is 1. The summed E-state index contributed by atoms with van der Waals surface area (Å²) in [6.07, 6.45) is 4.21. The highest BCUT2D eigenvalue weighted by atomic mass is 32.1. The average molecular weight is 251 g/mol. The molecule has 0 spiro atoms. The van der Waals surface area contributed by atoms with Crippen molar-refractivity contribution in [2.75, 3.05) is 13.1 Å². The molecule has 1 aliphatic heterocycles. The highest BCUT2D eigenvalue weighted by Crippen LogP contribution is 2.33. The van der Waals surface area contributed by atoms with Gasteiger partial charge in [0.1, 0.15) is 0 Å². The fraction of sp³-hybridized carbons (Fsp3) is 0.615. The number of fused-ring (bicyclic) bond motifs is 1. The maximum absolute atomic E-state index is 12.2. The van der Waals surface area contributed by atoms with Crippen LogP contribution in [-0.2, 0) is 12.8 Å². The average Bonchev–Trinajstić information content (AvgIpc) is 2.83. The van der Waals surface area contributed by atoms with Gasteiger partial charge < -0.3 is 10.0 Å². The fourth-order valence-corrected chi connectivity index (χ4v) is 3.84. The van der Waals surface area contributed by atoms with Crippen LogP contribution in [0.15, 0.2) is 6.07 Å². The van der Waals surface area contributed by atoms with Crippen LogP contribution in [0.3, 0.4) is 0 Å². The van der Waals surface area contributed by atoms with Gasteiger partial charge in [0.05, 0.1) is 23.6 Å². The van der Waals surface area contributed by atoms with Crippen molar-refractivity contribution in [2.24, 2.45) is 0 Å². The standard InChI is InChI=1S/C13H17NO2S/c1-2-13(16)7-14(8-13)12(15)11-6-9-4-3-5-10(9)17-11/h6,16H,2-5,7-8H2,1H3. The third kappa shape index (κ3) is 1.79. The molecule has 1 aromatic heterocycles. The van der Waals surface area contributed by atoms with Gasteiger partial charge in [-0.2, -0.15) is 0 Å². The monoisotopic (exact) mass is 251 g/mol. The maximum Gasteiger partial charge on any atom is 0.264 e. The van der Waals surface area contributed by atoms with E-state index in [1.807, 2.05) is 6.92 Å². The minimum absolute atomic E-state index is 0.0996. The van der Waals surface area contributed by atoms with Crippen molar-refractivity contribution in [1.82, 2.24) is 4.90 Å². The number of rotatable bonds is 2. The second-order valence-electron chi connectivity index (χ2n) is 5.15. The molecular weight excluding hydrogens is 234 g/mol. The molecule has 1 amide bonds. The lowest BCUT2D eigenvalue weighted by Gasteiger charge is -2.45. The minimum Gasteiger partial charge on any atom is -0.386 e. The number of hydrogen-bond donors (Lipinski definition) is 1. The van der Waals surface area contributed by atoms with Crippen molar-refractivity contribution in [1.29, 1.82) is 0 Å². The van der Waals surface area contributed by atoms with Crippen molar-refractivity contribution in [3.63, 3.8) is 0 Å². The number of aryl methyl sites for hydroxylation is 2. The Bertz CT molecular complexity index is 438. The van der Waals surface area contributed by atoms with Gasteiger partial charge in [-0.3, -0.25) is 4.79 Å². The van der Waals surface area contributed by atoms with E-state index in [0.29, 0.717) is 13.1 Å². The third-order valence-corrected chi connectivity index (χ3v) is 5.10. The van der Waals surface area contributed by atoms with Crippen LogP contribution >= 0.6 is 11.3 Å². The molecule has 3 nitrogen and oxygen atoms in total. The summed E-state index contributed by atoms with van der Waals surface area (Å²) in [6.45, 7) is 2.94. The highest BCUT2D eigenvalue weighted by molar-refractivity contribution is 7.14. The van der Waals surface area contributed by atoms with Crippen LogP contribution in [0, 0.1) is 0 Å². The summed E-state index contributed by atoms with van der Waals surface area (Å²) in [7, 11) is 0. The van der Waals surface area contributed by atoms with E-state index >= 15 is 0 Å². The number of likely N-dealkylation sites (tertiary alicyclic amines) is 1. The molecule has 0 atom stereocenters. The SMILES string of the molecule is CCC1(O)CN(C(=O)c2cc3c(s2)CCC3)C1. The van der Waals surface area contributed by atoms with E-state index in [9.17, 15) is 9.90 Å². The van der Waals surface area contributed by atoms with Crippen LogP contribution in [0.4, 0.5) is 0 Å². The fourth-order valence-electron chi connectivity index (χ4n) is 2.62. The normalized spacial score (nSPS) is 21.2. The molecule has 2 aliphatic rings. The first-order valence-electron chi connectivity index (χ1n) is 6.24. The molecule has 0 bridgehead atoms. The van der Waals surface area contributed by atoms with E-state index in [1.54, 1.807) is 16.2 Å². The molecule has 3 rings (SSSR count). The predicted molar refractivity (Wildman–Crippen MR) is 67.5 cm³/mol. The summed E-state index contributed by atoms with van der Waals surface area (Å²) in [5.74, 6) is 0.0996. The molecule has 92 valence electrons. The zero-order chi connectivity index (χ0) is 12.0. The molecule has 0 unspecified atom stereocenters. The van der Waals surface area contributed by atoms with Crippen molar-refractivity contribution >= 4 is 17.2 Å². The second-order valence-corrected chi connectivity index (χ2v) is 6.29.